The number of non-ortho nitro benzene ring substituents is 1. The van der Waals surface area contributed by atoms with E-state index in [0.29, 0.717) is 16.3 Å². The van der Waals surface area contributed by atoms with Crippen LogP contribution in [-0.2, 0) is 14.3 Å². The van der Waals surface area contributed by atoms with E-state index in [1.807, 2.05) is 6.07 Å². The number of carbonyl (C=O) groups is 2. The zero-order valence-electron chi connectivity index (χ0n) is 13.6. The normalized spacial score (nSPS) is 11.7. The monoisotopic (exact) mass is 371 g/mol. The quantitative estimate of drug-likeness (QED) is 0.317. The summed E-state index contributed by atoms with van der Waals surface area (Å²) >= 11 is 1.19. The summed E-state index contributed by atoms with van der Waals surface area (Å²) in [7, 11) is 0. The molecule has 0 amide bonds. The summed E-state index contributed by atoms with van der Waals surface area (Å²) in [5.41, 5.74) is 1.04. The van der Waals surface area contributed by atoms with Crippen molar-refractivity contribution in [1.29, 1.82) is 5.26 Å². The van der Waals surface area contributed by atoms with Gasteiger partial charge in [-0.05, 0) is 18.6 Å². The Labute approximate surface area is 152 Å². The van der Waals surface area contributed by atoms with E-state index < -0.39 is 29.2 Å². The fourth-order valence-corrected chi connectivity index (χ4v) is 2.81. The Kier molecular flexibility index (Phi) is 6.30. The molecule has 1 heterocycles. The van der Waals surface area contributed by atoms with Crippen LogP contribution in [-0.4, -0.2) is 28.3 Å². The molecule has 132 valence electrons. The standard InChI is InChI=1S/C17H13N3O5S/c1-11-10-26-17(19-11)14(8-18)15(21)9-25-16(22)6-5-12-3-2-4-13(7-12)20(23)24/h2-7,10,14H,9H2,1H3/b6-5+. The van der Waals surface area contributed by atoms with Gasteiger partial charge in [-0.1, -0.05) is 12.1 Å². The third-order valence-electron chi connectivity index (χ3n) is 3.18. The predicted octanol–water partition coefficient (Wildman–Crippen LogP) is 2.79. The number of aryl methyl sites for hydroxylation is 1. The van der Waals surface area contributed by atoms with E-state index in [4.69, 9.17) is 10.00 Å². The van der Waals surface area contributed by atoms with Gasteiger partial charge < -0.3 is 4.74 Å². The largest absolute Gasteiger partial charge is 0.454 e. The van der Waals surface area contributed by atoms with Gasteiger partial charge in [0.2, 0.25) is 0 Å². The van der Waals surface area contributed by atoms with E-state index in [1.54, 1.807) is 18.4 Å². The minimum atomic E-state index is -1.08. The molecule has 26 heavy (non-hydrogen) atoms. The number of hydrogen-bond acceptors (Lipinski definition) is 8. The number of carbonyl (C=O) groups excluding carboxylic acids is 2. The van der Waals surface area contributed by atoms with Crippen LogP contribution in [0.4, 0.5) is 5.69 Å². The lowest BCUT2D eigenvalue weighted by atomic mass is 10.1. The van der Waals surface area contributed by atoms with Crippen molar-refractivity contribution in [2.75, 3.05) is 6.61 Å². The van der Waals surface area contributed by atoms with Crippen molar-refractivity contribution >= 4 is 34.9 Å². The van der Waals surface area contributed by atoms with Crippen LogP contribution in [0.25, 0.3) is 6.08 Å². The van der Waals surface area contributed by atoms with Gasteiger partial charge in [0.05, 0.1) is 11.0 Å². The summed E-state index contributed by atoms with van der Waals surface area (Å²) < 4.78 is 4.83. The number of thiazole rings is 1. The number of benzene rings is 1. The summed E-state index contributed by atoms with van der Waals surface area (Å²) in [6.45, 7) is 1.19. The van der Waals surface area contributed by atoms with E-state index in [9.17, 15) is 19.7 Å². The molecule has 0 aliphatic rings. The topological polar surface area (TPSA) is 123 Å². The number of rotatable bonds is 7. The van der Waals surface area contributed by atoms with Crippen LogP contribution in [0.1, 0.15) is 22.2 Å². The molecule has 1 atom stereocenters. The second-order valence-electron chi connectivity index (χ2n) is 5.15. The number of aromatic nitrogens is 1. The summed E-state index contributed by atoms with van der Waals surface area (Å²) in [5.74, 6) is -2.45. The maximum atomic E-state index is 12.1. The fourth-order valence-electron chi connectivity index (χ4n) is 1.95. The summed E-state index contributed by atoms with van der Waals surface area (Å²) in [5, 5.41) is 21.9. The second kappa shape index (κ2) is 8.64. The lowest BCUT2D eigenvalue weighted by Crippen LogP contribution is -2.19. The van der Waals surface area contributed by atoms with Gasteiger partial charge in [-0.25, -0.2) is 9.78 Å². The highest BCUT2D eigenvalue weighted by molar-refractivity contribution is 7.09. The molecule has 0 radical (unpaired) electrons. The molecule has 8 nitrogen and oxygen atoms in total. The third kappa shape index (κ3) is 5.06. The van der Waals surface area contributed by atoms with Crippen LogP contribution >= 0.6 is 11.3 Å². The number of nitro benzene ring substituents is 1. The first-order valence-electron chi connectivity index (χ1n) is 7.34. The van der Waals surface area contributed by atoms with Gasteiger partial charge in [-0.2, -0.15) is 5.26 Å². The molecule has 2 aromatic rings. The number of Topliss-reactive ketones (excluding diaryl/α,β-unsaturated/α-hetero) is 1. The summed E-state index contributed by atoms with van der Waals surface area (Å²) in [4.78, 5) is 38.0. The first-order valence-corrected chi connectivity index (χ1v) is 8.22. The van der Waals surface area contributed by atoms with Gasteiger partial charge in [0, 0.05) is 29.3 Å². The molecule has 0 fully saturated rings. The minimum absolute atomic E-state index is 0.105. The first kappa shape index (κ1) is 19.0. The Morgan fingerprint density at radius 2 is 2.27 bits per heavy atom. The van der Waals surface area contributed by atoms with Gasteiger partial charge in [-0.3, -0.25) is 14.9 Å². The Bertz CT molecular complexity index is 913. The van der Waals surface area contributed by atoms with Crippen molar-refractivity contribution in [1.82, 2.24) is 4.98 Å². The van der Waals surface area contributed by atoms with Gasteiger partial charge >= 0.3 is 5.97 Å². The lowest BCUT2D eigenvalue weighted by Gasteiger charge is -2.05. The van der Waals surface area contributed by atoms with Gasteiger partial charge in [0.15, 0.2) is 18.3 Å². The number of nitriles is 1. The van der Waals surface area contributed by atoms with Crippen molar-refractivity contribution in [3.05, 3.63) is 62.1 Å². The third-order valence-corrected chi connectivity index (χ3v) is 4.21. The van der Waals surface area contributed by atoms with Crippen molar-refractivity contribution in [3.63, 3.8) is 0 Å². The molecule has 0 bridgehead atoms. The Balaban J connectivity index is 1.93. The molecule has 9 heteroatoms. The molecule has 0 saturated carbocycles. The molecule has 1 aromatic heterocycles. The number of nitro groups is 1. The Hall–Kier alpha value is -3.38. The van der Waals surface area contributed by atoms with Crippen LogP contribution in [0, 0.1) is 28.4 Å². The minimum Gasteiger partial charge on any atom is -0.454 e. The smallest absolute Gasteiger partial charge is 0.331 e. The van der Waals surface area contributed by atoms with Crippen molar-refractivity contribution in [2.24, 2.45) is 0 Å². The second-order valence-corrected chi connectivity index (χ2v) is 6.04. The fraction of sp³-hybridized carbons (Fsp3) is 0.176. The van der Waals surface area contributed by atoms with Gasteiger partial charge in [0.25, 0.3) is 5.69 Å². The SMILES string of the molecule is Cc1csc(C(C#N)C(=O)COC(=O)/C=C/c2cccc([N+](=O)[O-])c2)n1. The molecule has 0 aliphatic carbocycles. The molecule has 1 aromatic carbocycles. The molecule has 0 spiro atoms. The van der Waals surface area contributed by atoms with Crippen LogP contribution < -0.4 is 0 Å². The van der Waals surface area contributed by atoms with Gasteiger partial charge in [-0.15, -0.1) is 11.3 Å². The van der Waals surface area contributed by atoms with E-state index in [1.165, 1.54) is 35.6 Å². The maximum absolute atomic E-state index is 12.1. The predicted molar refractivity (Wildman–Crippen MR) is 93.3 cm³/mol. The molecular weight excluding hydrogens is 358 g/mol. The average Bonchev–Trinajstić information content (AvgIpc) is 3.05. The lowest BCUT2D eigenvalue weighted by molar-refractivity contribution is -0.384. The van der Waals surface area contributed by atoms with E-state index in [0.717, 1.165) is 6.08 Å². The van der Waals surface area contributed by atoms with Crippen LogP contribution in [0.3, 0.4) is 0 Å². The first-order chi connectivity index (χ1) is 12.4. The van der Waals surface area contributed by atoms with Gasteiger partial charge in [0.1, 0.15) is 5.01 Å². The summed E-state index contributed by atoms with van der Waals surface area (Å²) in [6.07, 6.45) is 2.40. The number of esters is 1. The Morgan fingerprint density at radius 1 is 1.50 bits per heavy atom. The highest BCUT2D eigenvalue weighted by atomic mass is 32.1. The number of hydrogen-bond donors (Lipinski definition) is 0. The highest BCUT2D eigenvalue weighted by Crippen LogP contribution is 2.20. The van der Waals surface area contributed by atoms with Crippen LogP contribution in [0.2, 0.25) is 0 Å². The molecule has 0 N–H and O–H groups in total. The molecule has 2 rings (SSSR count). The number of ketones is 1. The molecule has 0 saturated heterocycles. The van der Waals surface area contributed by atoms with Crippen molar-refractivity contribution in [2.45, 2.75) is 12.8 Å². The highest BCUT2D eigenvalue weighted by Gasteiger charge is 2.24. The number of ether oxygens (including phenoxy) is 1. The maximum Gasteiger partial charge on any atom is 0.331 e. The Morgan fingerprint density at radius 3 is 2.88 bits per heavy atom. The molecular formula is C17H13N3O5S. The zero-order chi connectivity index (χ0) is 19.1. The number of nitrogens with zero attached hydrogens (tertiary/aromatic N) is 3. The van der Waals surface area contributed by atoms with E-state index >= 15 is 0 Å². The van der Waals surface area contributed by atoms with Crippen molar-refractivity contribution < 1.29 is 19.2 Å². The van der Waals surface area contributed by atoms with Crippen LogP contribution in [0.15, 0.2) is 35.7 Å². The molecule has 1 unspecified atom stereocenters. The van der Waals surface area contributed by atoms with E-state index in [-0.39, 0.29) is 5.69 Å². The van der Waals surface area contributed by atoms with E-state index in [2.05, 4.69) is 4.98 Å². The summed E-state index contributed by atoms with van der Waals surface area (Å²) in [6, 6.07) is 7.55. The zero-order valence-corrected chi connectivity index (χ0v) is 14.4. The average molecular weight is 371 g/mol. The van der Waals surface area contributed by atoms with Crippen LogP contribution in [0.5, 0.6) is 0 Å². The molecule has 0 aliphatic heterocycles. The van der Waals surface area contributed by atoms with Crippen molar-refractivity contribution in [3.8, 4) is 6.07 Å².